The predicted molar refractivity (Wildman–Crippen MR) is 79.4 cm³/mol. The molecule has 0 bridgehead atoms. The van der Waals surface area contributed by atoms with Crippen LogP contribution in [0.15, 0.2) is 17.3 Å². The molecule has 6 nitrogen and oxygen atoms in total. The van der Waals surface area contributed by atoms with E-state index in [4.69, 9.17) is 48.4 Å². The third kappa shape index (κ3) is 3.91. The highest BCUT2D eigenvalue weighted by Gasteiger charge is 2.33. The maximum atomic E-state index is 8.67. The molecule has 3 N–H and O–H groups in total. The monoisotopic (exact) mass is 334 g/mol. The lowest BCUT2D eigenvalue weighted by atomic mass is 10.2. The van der Waals surface area contributed by atoms with E-state index in [0.29, 0.717) is 22.9 Å². The zero-order chi connectivity index (χ0) is 15.6. The highest BCUT2D eigenvalue weighted by molar-refractivity contribution is 6.36. The number of ether oxygens (including phenoxy) is 3. The Balaban J connectivity index is 2.06. The van der Waals surface area contributed by atoms with Crippen LogP contribution in [0, 0.1) is 0 Å². The molecule has 0 aromatic heterocycles. The van der Waals surface area contributed by atoms with E-state index in [0.717, 1.165) is 0 Å². The van der Waals surface area contributed by atoms with Crippen LogP contribution in [-0.4, -0.2) is 36.1 Å². The summed E-state index contributed by atoms with van der Waals surface area (Å²) in [6.07, 6.45) is -0.182. The zero-order valence-corrected chi connectivity index (χ0v) is 13.1. The molecule has 0 spiro atoms. The van der Waals surface area contributed by atoms with Gasteiger partial charge >= 0.3 is 0 Å². The number of amidine groups is 1. The van der Waals surface area contributed by atoms with Crippen LogP contribution >= 0.6 is 23.2 Å². The molecule has 21 heavy (non-hydrogen) atoms. The lowest BCUT2D eigenvalue weighted by Gasteiger charge is -2.17. The summed E-state index contributed by atoms with van der Waals surface area (Å²) < 4.78 is 16.7. The molecule has 0 aliphatic carbocycles. The van der Waals surface area contributed by atoms with Gasteiger partial charge in [-0.1, -0.05) is 28.4 Å². The lowest BCUT2D eigenvalue weighted by molar-refractivity contribution is -0.141. The summed E-state index contributed by atoms with van der Waals surface area (Å²) in [5.41, 5.74) is 5.83. The number of oxime groups is 1. The lowest BCUT2D eigenvalue weighted by Crippen LogP contribution is -2.25. The van der Waals surface area contributed by atoms with Gasteiger partial charge < -0.3 is 25.2 Å². The van der Waals surface area contributed by atoms with E-state index in [-0.39, 0.29) is 23.6 Å². The average Bonchev–Trinajstić information content (AvgIpc) is 2.78. The molecule has 2 rings (SSSR count). The van der Waals surface area contributed by atoms with Crippen LogP contribution in [0.3, 0.4) is 0 Å². The second kappa shape index (κ2) is 6.27. The van der Waals surface area contributed by atoms with Crippen LogP contribution in [0.4, 0.5) is 0 Å². The minimum absolute atomic E-state index is 0.122. The Morgan fingerprint density at radius 2 is 2.19 bits per heavy atom. The molecule has 1 aromatic rings. The molecule has 0 saturated carbocycles. The molecule has 0 unspecified atom stereocenters. The Kier molecular flexibility index (Phi) is 4.83. The number of nitrogens with two attached hydrogens (primary N) is 1. The van der Waals surface area contributed by atoms with E-state index >= 15 is 0 Å². The summed E-state index contributed by atoms with van der Waals surface area (Å²) in [5.74, 6) is -0.335. The SMILES string of the molecule is CC1(C)OC[C@@H](COc2cc(Cl)c(C(N)=NO)cc2Cl)O1. The Morgan fingerprint density at radius 3 is 2.76 bits per heavy atom. The standard InChI is InChI=1S/C13H16Cl2N2O4/c1-13(2)20-6-7(21-13)5-19-11-4-9(14)8(3-10(11)15)12(16)17-18/h3-4,7,18H,5-6H2,1-2H3,(H2,16,17)/t7-/m1/s1. The van der Waals surface area contributed by atoms with Gasteiger partial charge in [0.1, 0.15) is 18.5 Å². The fourth-order valence-electron chi connectivity index (χ4n) is 1.92. The highest BCUT2D eigenvalue weighted by Crippen LogP contribution is 2.32. The fraction of sp³-hybridized carbons (Fsp3) is 0.462. The molecular formula is C13H16Cl2N2O4. The van der Waals surface area contributed by atoms with Crippen LogP contribution < -0.4 is 10.5 Å². The average molecular weight is 335 g/mol. The second-order valence-corrected chi connectivity index (χ2v) is 5.82. The van der Waals surface area contributed by atoms with E-state index in [1.54, 1.807) is 0 Å². The van der Waals surface area contributed by atoms with Gasteiger partial charge in [-0.05, 0) is 19.9 Å². The van der Waals surface area contributed by atoms with E-state index < -0.39 is 5.79 Å². The number of halogens is 2. The van der Waals surface area contributed by atoms with Gasteiger partial charge in [0.25, 0.3) is 0 Å². The van der Waals surface area contributed by atoms with Crippen molar-refractivity contribution in [3.63, 3.8) is 0 Å². The van der Waals surface area contributed by atoms with Crippen molar-refractivity contribution < 1.29 is 19.4 Å². The van der Waals surface area contributed by atoms with Gasteiger partial charge in [-0.25, -0.2) is 0 Å². The van der Waals surface area contributed by atoms with E-state index in [1.165, 1.54) is 12.1 Å². The predicted octanol–water partition coefficient (Wildman–Crippen LogP) is 2.62. The first kappa shape index (κ1) is 16.2. The van der Waals surface area contributed by atoms with Crippen molar-refractivity contribution in [3.05, 3.63) is 27.7 Å². The molecule has 116 valence electrons. The molecule has 0 radical (unpaired) electrons. The third-order valence-electron chi connectivity index (χ3n) is 2.90. The Morgan fingerprint density at radius 1 is 1.48 bits per heavy atom. The van der Waals surface area contributed by atoms with Crippen LogP contribution in [0.5, 0.6) is 5.75 Å². The van der Waals surface area contributed by atoms with Crippen LogP contribution in [0.2, 0.25) is 10.0 Å². The Hall–Kier alpha value is -1.21. The summed E-state index contributed by atoms with van der Waals surface area (Å²) in [7, 11) is 0. The molecule has 1 heterocycles. The van der Waals surface area contributed by atoms with Crippen molar-refractivity contribution in [2.75, 3.05) is 13.2 Å². The molecule has 1 saturated heterocycles. The Bertz CT molecular complexity index is 563. The fourth-order valence-corrected chi connectivity index (χ4v) is 2.39. The number of rotatable bonds is 4. The molecule has 1 aliphatic heterocycles. The van der Waals surface area contributed by atoms with Crippen molar-refractivity contribution >= 4 is 29.0 Å². The van der Waals surface area contributed by atoms with Gasteiger partial charge in [0.2, 0.25) is 0 Å². The molecule has 1 aliphatic rings. The topological polar surface area (TPSA) is 86.3 Å². The summed E-state index contributed by atoms with van der Waals surface area (Å²) in [6.45, 7) is 4.40. The quantitative estimate of drug-likeness (QED) is 0.382. The van der Waals surface area contributed by atoms with Gasteiger partial charge in [-0.2, -0.15) is 0 Å². The summed E-state index contributed by atoms with van der Waals surface area (Å²) >= 11 is 12.1. The number of hydrogen-bond acceptors (Lipinski definition) is 5. The van der Waals surface area contributed by atoms with Crippen molar-refractivity contribution in [1.82, 2.24) is 0 Å². The maximum absolute atomic E-state index is 8.67. The number of hydrogen-bond donors (Lipinski definition) is 2. The number of nitrogens with zero attached hydrogens (tertiary/aromatic N) is 1. The highest BCUT2D eigenvalue weighted by atomic mass is 35.5. The second-order valence-electron chi connectivity index (χ2n) is 5.01. The van der Waals surface area contributed by atoms with Crippen LogP contribution in [-0.2, 0) is 9.47 Å². The first-order valence-electron chi connectivity index (χ1n) is 6.24. The normalized spacial score (nSPS) is 21.5. The molecule has 1 fully saturated rings. The van der Waals surface area contributed by atoms with E-state index in [2.05, 4.69) is 5.16 Å². The Labute approximate surface area is 132 Å². The molecule has 1 atom stereocenters. The van der Waals surface area contributed by atoms with Gasteiger partial charge in [-0.15, -0.1) is 0 Å². The van der Waals surface area contributed by atoms with Gasteiger partial charge in [-0.3, -0.25) is 0 Å². The molecule has 0 amide bonds. The van der Waals surface area contributed by atoms with Crippen molar-refractivity contribution in [2.24, 2.45) is 10.9 Å². The summed E-state index contributed by atoms with van der Waals surface area (Å²) in [6, 6.07) is 2.99. The molecule has 8 heteroatoms. The molecular weight excluding hydrogens is 319 g/mol. The van der Waals surface area contributed by atoms with Crippen LogP contribution in [0.1, 0.15) is 19.4 Å². The summed E-state index contributed by atoms with van der Waals surface area (Å²) in [5, 5.41) is 12.1. The van der Waals surface area contributed by atoms with Gasteiger partial charge in [0.15, 0.2) is 11.6 Å². The van der Waals surface area contributed by atoms with E-state index in [1.807, 2.05) is 13.8 Å². The first-order valence-corrected chi connectivity index (χ1v) is 6.99. The number of benzene rings is 1. The minimum Gasteiger partial charge on any atom is -0.489 e. The van der Waals surface area contributed by atoms with Crippen molar-refractivity contribution in [1.29, 1.82) is 0 Å². The smallest absolute Gasteiger partial charge is 0.171 e. The largest absolute Gasteiger partial charge is 0.489 e. The zero-order valence-electron chi connectivity index (χ0n) is 11.6. The minimum atomic E-state index is -0.606. The van der Waals surface area contributed by atoms with Crippen molar-refractivity contribution in [3.8, 4) is 5.75 Å². The van der Waals surface area contributed by atoms with Gasteiger partial charge in [0.05, 0.1) is 16.7 Å². The van der Waals surface area contributed by atoms with E-state index in [9.17, 15) is 0 Å². The summed E-state index contributed by atoms with van der Waals surface area (Å²) in [4.78, 5) is 0. The van der Waals surface area contributed by atoms with Gasteiger partial charge in [0, 0.05) is 11.6 Å². The third-order valence-corrected chi connectivity index (χ3v) is 3.51. The van der Waals surface area contributed by atoms with Crippen LogP contribution in [0.25, 0.3) is 0 Å². The van der Waals surface area contributed by atoms with Crippen molar-refractivity contribution in [2.45, 2.75) is 25.7 Å². The first-order chi connectivity index (χ1) is 9.82. The maximum Gasteiger partial charge on any atom is 0.171 e. The molecule has 1 aromatic carbocycles.